The summed E-state index contributed by atoms with van der Waals surface area (Å²) >= 11 is 0. The van der Waals surface area contributed by atoms with Crippen molar-refractivity contribution >= 4 is 33.7 Å². The van der Waals surface area contributed by atoms with Crippen LogP contribution in [0.15, 0.2) is 79.1 Å². The van der Waals surface area contributed by atoms with E-state index in [4.69, 9.17) is 16.2 Å². The highest BCUT2D eigenvalue weighted by molar-refractivity contribution is 6.06. The number of nitrogens with two attached hydrogens (primary N) is 2. The summed E-state index contributed by atoms with van der Waals surface area (Å²) in [6, 6.07) is 22.8. The predicted molar refractivity (Wildman–Crippen MR) is 134 cm³/mol. The molecule has 2 heterocycles. The molecule has 7 nitrogen and oxygen atoms in total. The first kappa shape index (κ1) is 21.5. The summed E-state index contributed by atoms with van der Waals surface area (Å²) in [6.45, 7) is 2.12. The number of carbonyl (C=O) groups excluding carboxylic acids is 1. The van der Waals surface area contributed by atoms with Gasteiger partial charge in [-0.05, 0) is 42.7 Å². The van der Waals surface area contributed by atoms with Gasteiger partial charge in [0.05, 0.1) is 22.9 Å². The van der Waals surface area contributed by atoms with E-state index in [9.17, 15) is 4.79 Å². The Bertz CT molecular complexity index is 1490. The number of primary amides is 1. The molecule has 34 heavy (non-hydrogen) atoms. The monoisotopic (exact) mass is 451 g/mol. The molecule has 0 spiro atoms. The molecule has 0 radical (unpaired) electrons. The molecule has 5 rings (SSSR count). The van der Waals surface area contributed by atoms with Crippen molar-refractivity contribution in [2.45, 2.75) is 25.8 Å². The number of benzene rings is 3. The summed E-state index contributed by atoms with van der Waals surface area (Å²) in [5.41, 5.74) is 15.6. The van der Waals surface area contributed by atoms with Gasteiger partial charge in [-0.3, -0.25) is 4.79 Å². The molecule has 4 N–H and O–H groups in total. The van der Waals surface area contributed by atoms with Crippen molar-refractivity contribution in [3.05, 3.63) is 90.3 Å². The molecule has 0 saturated heterocycles. The van der Waals surface area contributed by atoms with Gasteiger partial charge in [0.2, 0.25) is 0 Å². The molecule has 1 amide bonds. The smallest absolute Gasteiger partial charge is 0.252 e. The molecule has 0 saturated carbocycles. The molecular weight excluding hydrogens is 426 g/mol. The maximum Gasteiger partial charge on any atom is 0.252 e. The van der Waals surface area contributed by atoms with Gasteiger partial charge in [-0.2, -0.15) is 0 Å². The van der Waals surface area contributed by atoms with E-state index < -0.39 is 5.91 Å². The molecule has 0 aliphatic carbocycles. The van der Waals surface area contributed by atoms with E-state index in [0.717, 1.165) is 28.4 Å². The van der Waals surface area contributed by atoms with Crippen LogP contribution in [0.2, 0.25) is 0 Å². The Labute approximate surface area is 197 Å². The molecule has 170 valence electrons. The zero-order chi connectivity index (χ0) is 23.7. The van der Waals surface area contributed by atoms with Crippen LogP contribution >= 0.6 is 0 Å². The highest BCUT2D eigenvalue weighted by Gasteiger charge is 2.21. The van der Waals surface area contributed by atoms with Gasteiger partial charge in [-0.1, -0.05) is 55.5 Å². The topological polar surface area (TPSA) is 109 Å². The second kappa shape index (κ2) is 8.86. The SMILES string of the molecule is CCC(Cc1cccc(C(N)=O)c1Oc1ccccc1)n1cnc2c(N)nc3ccccc3c21. The number of hydrogen-bond donors (Lipinski definition) is 2. The van der Waals surface area contributed by atoms with Crippen molar-refractivity contribution in [3.8, 4) is 11.5 Å². The van der Waals surface area contributed by atoms with Crippen LogP contribution in [0.25, 0.3) is 21.9 Å². The molecule has 3 aromatic carbocycles. The van der Waals surface area contributed by atoms with Crippen molar-refractivity contribution in [2.24, 2.45) is 5.73 Å². The minimum absolute atomic E-state index is 0.0384. The second-order valence-electron chi connectivity index (χ2n) is 8.20. The first-order valence-corrected chi connectivity index (χ1v) is 11.2. The highest BCUT2D eigenvalue weighted by Crippen LogP contribution is 2.35. The molecular formula is C27H25N5O2. The fourth-order valence-electron chi connectivity index (χ4n) is 4.41. The lowest BCUT2D eigenvalue weighted by molar-refractivity contribution is 0.0998. The highest BCUT2D eigenvalue weighted by atomic mass is 16.5. The number of anilines is 1. The number of aromatic nitrogens is 3. The third kappa shape index (κ3) is 3.81. The lowest BCUT2D eigenvalue weighted by Crippen LogP contribution is -2.15. The number of rotatable bonds is 7. The lowest BCUT2D eigenvalue weighted by atomic mass is 9.99. The summed E-state index contributed by atoms with van der Waals surface area (Å²) in [4.78, 5) is 21.3. The lowest BCUT2D eigenvalue weighted by Gasteiger charge is -2.21. The van der Waals surface area contributed by atoms with Crippen LogP contribution in [0.4, 0.5) is 5.82 Å². The Balaban J connectivity index is 1.61. The fraction of sp³-hybridized carbons (Fsp3) is 0.148. The van der Waals surface area contributed by atoms with Gasteiger partial charge in [-0.25, -0.2) is 9.97 Å². The van der Waals surface area contributed by atoms with Crippen LogP contribution < -0.4 is 16.2 Å². The number of imidazole rings is 1. The van der Waals surface area contributed by atoms with Crippen LogP contribution in [0.1, 0.15) is 35.3 Å². The number of pyridine rings is 1. The maximum absolute atomic E-state index is 12.2. The average molecular weight is 452 g/mol. The van der Waals surface area contributed by atoms with Crippen molar-refractivity contribution in [1.29, 1.82) is 0 Å². The number of nitrogens with zero attached hydrogens (tertiary/aromatic N) is 3. The van der Waals surface area contributed by atoms with Gasteiger partial charge in [0.1, 0.15) is 17.0 Å². The van der Waals surface area contributed by atoms with Crippen molar-refractivity contribution < 1.29 is 9.53 Å². The summed E-state index contributed by atoms with van der Waals surface area (Å²) in [7, 11) is 0. The first-order valence-electron chi connectivity index (χ1n) is 11.2. The number of para-hydroxylation sites is 3. The molecule has 7 heteroatoms. The molecule has 5 aromatic rings. The van der Waals surface area contributed by atoms with Crippen molar-refractivity contribution in [2.75, 3.05) is 5.73 Å². The van der Waals surface area contributed by atoms with Crippen LogP contribution in [0, 0.1) is 0 Å². The molecule has 0 bridgehead atoms. The van der Waals surface area contributed by atoms with Crippen LogP contribution in [0.5, 0.6) is 11.5 Å². The van der Waals surface area contributed by atoms with Crippen LogP contribution in [0.3, 0.4) is 0 Å². The van der Waals surface area contributed by atoms with Crippen molar-refractivity contribution in [1.82, 2.24) is 14.5 Å². The Morgan fingerprint density at radius 1 is 1.03 bits per heavy atom. The number of hydrogen-bond acceptors (Lipinski definition) is 5. The maximum atomic E-state index is 12.2. The van der Waals surface area contributed by atoms with Crippen LogP contribution in [-0.4, -0.2) is 20.4 Å². The minimum atomic E-state index is -0.529. The average Bonchev–Trinajstić information content (AvgIpc) is 3.30. The molecule has 2 aromatic heterocycles. The zero-order valence-electron chi connectivity index (χ0n) is 18.8. The van der Waals surface area contributed by atoms with E-state index in [2.05, 4.69) is 21.5 Å². The van der Waals surface area contributed by atoms with E-state index in [1.54, 1.807) is 6.07 Å². The van der Waals surface area contributed by atoms with E-state index in [-0.39, 0.29) is 6.04 Å². The van der Waals surface area contributed by atoms with Gasteiger partial charge < -0.3 is 20.8 Å². The van der Waals surface area contributed by atoms with Gasteiger partial charge in [0, 0.05) is 11.4 Å². The van der Waals surface area contributed by atoms with Gasteiger partial charge in [0.25, 0.3) is 5.91 Å². The molecule has 1 unspecified atom stereocenters. The normalized spacial score (nSPS) is 12.1. The van der Waals surface area contributed by atoms with Gasteiger partial charge in [0.15, 0.2) is 5.82 Å². The number of fused-ring (bicyclic) bond motifs is 3. The molecule has 0 fully saturated rings. The third-order valence-electron chi connectivity index (χ3n) is 6.08. The summed E-state index contributed by atoms with van der Waals surface area (Å²) in [6.07, 6.45) is 3.26. The van der Waals surface area contributed by atoms with Crippen molar-refractivity contribution in [3.63, 3.8) is 0 Å². The standard InChI is InChI=1S/C27H25N5O2/c1-2-18(32-16-30-23-24(32)20-12-6-7-14-22(20)31-26(23)28)15-17-9-8-13-21(27(29)33)25(17)34-19-10-4-3-5-11-19/h3-14,16,18H,2,15H2,1H3,(H2,28,31)(H2,29,33). The quantitative estimate of drug-likeness (QED) is 0.351. The Morgan fingerprint density at radius 2 is 1.79 bits per heavy atom. The van der Waals surface area contributed by atoms with E-state index in [0.29, 0.717) is 34.8 Å². The number of ether oxygens (including phenoxy) is 1. The number of amides is 1. The molecule has 1 atom stereocenters. The Hall–Kier alpha value is -4.39. The van der Waals surface area contributed by atoms with E-state index in [1.807, 2.05) is 73.1 Å². The summed E-state index contributed by atoms with van der Waals surface area (Å²) in [5.74, 6) is 1.00. The molecule has 0 aliphatic heterocycles. The zero-order valence-corrected chi connectivity index (χ0v) is 18.8. The minimum Gasteiger partial charge on any atom is -0.456 e. The number of carbonyl (C=O) groups is 1. The second-order valence-corrected chi connectivity index (χ2v) is 8.20. The predicted octanol–water partition coefficient (Wildman–Crippen LogP) is 5.25. The number of nitrogen functional groups attached to an aromatic ring is 1. The van der Waals surface area contributed by atoms with Crippen LogP contribution in [-0.2, 0) is 6.42 Å². The Kier molecular flexibility index (Phi) is 5.59. The van der Waals surface area contributed by atoms with Gasteiger partial charge in [-0.15, -0.1) is 0 Å². The Morgan fingerprint density at radius 3 is 2.56 bits per heavy atom. The van der Waals surface area contributed by atoms with Gasteiger partial charge >= 0.3 is 0 Å². The van der Waals surface area contributed by atoms with E-state index in [1.165, 1.54) is 0 Å². The third-order valence-corrected chi connectivity index (χ3v) is 6.08. The molecule has 0 aliphatic rings. The van der Waals surface area contributed by atoms with E-state index >= 15 is 0 Å². The largest absolute Gasteiger partial charge is 0.456 e. The fourth-order valence-corrected chi connectivity index (χ4v) is 4.41. The summed E-state index contributed by atoms with van der Waals surface area (Å²) < 4.78 is 8.34. The summed E-state index contributed by atoms with van der Waals surface area (Å²) in [5, 5.41) is 0.995. The first-order chi connectivity index (χ1) is 16.6.